The molecule has 0 saturated heterocycles. The molecule has 0 aromatic heterocycles. The summed E-state index contributed by atoms with van der Waals surface area (Å²) in [4.78, 5) is 0. The van der Waals surface area contributed by atoms with Crippen molar-refractivity contribution in [1.29, 1.82) is 0 Å². The number of aryl methyl sites for hydroxylation is 1. The zero-order chi connectivity index (χ0) is 10.8. The summed E-state index contributed by atoms with van der Waals surface area (Å²) in [6, 6.07) is 5.43. The molecule has 15 heavy (non-hydrogen) atoms. The van der Waals surface area contributed by atoms with Crippen molar-refractivity contribution in [3.8, 4) is 0 Å². The maximum Gasteiger partial charge on any atom is 0.123 e. The molecule has 1 nitrogen and oxygen atoms in total. The second-order valence-electron chi connectivity index (χ2n) is 4.62. The smallest absolute Gasteiger partial charge is 0.123 e. The Kier molecular flexibility index (Phi) is 3.06. The van der Waals surface area contributed by atoms with Gasteiger partial charge in [0.25, 0.3) is 0 Å². The van der Waals surface area contributed by atoms with Gasteiger partial charge in [0, 0.05) is 6.04 Å². The lowest BCUT2D eigenvalue weighted by Crippen LogP contribution is -2.27. The van der Waals surface area contributed by atoms with Gasteiger partial charge >= 0.3 is 0 Å². The molecule has 2 atom stereocenters. The number of hydrogen-bond donors (Lipinski definition) is 1. The summed E-state index contributed by atoms with van der Waals surface area (Å²) < 4.78 is 13.0. The van der Waals surface area contributed by atoms with Crippen LogP contribution >= 0.6 is 0 Å². The fourth-order valence-corrected chi connectivity index (χ4v) is 2.61. The zero-order valence-electron chi connectivity index (χ0n) is 9.17. The van der Waals surface area contributed by atoms with Crippen LogP contribution in [0.1, 0.15) is 42.7 Å². The third-order valence-electron chi connectivity index (χ3n) is 3.39. The monoisotopic (exact) mass is 207 g/mol. The van der Waals surface area contributed by atoms with Crippen molar-refractivity contribution < 1.29 is 4.39 Å². The molecule has 1 saturated carbocycles. The predicted octanol–water partition coefficient (Wildman–Crippen LogP) is 3.12. The summed E-state index contributed by atoms with van der Waals surface area (Å²) in [6.45, 7) is 1.98. The largest absolute Gasteiger partial charge is 0.328 e. The van der Waals surface area contributed by atoms with E-state index in [1.807, 2.05) is 13.0 Å². The highest BCUT2D eigenvalue weighted by molar-refractivity contribution is 5.30. The minimum Gasteiger partial charge on any atom is -0.328 e. The van der Waals surface area contributed by atoms with Crippen LogP contribution in [-0.4, -0.2) is 6.04 Å². The summed E-state index contributed by atoms with van der Waals surface area (Å²) in [5.74, 6) is 0.394. The van der Waals surface area contributed by atoms with Gasteiger partial charge in [-0.1, -0.05) is 12.5 Å². The van der Waals surface area contributed by atoms with Crippen molar-refractivity contribution in [1.82, 2.24) is 0 Å². The van der Waals surface area contributed by atoms with Crippen LogP contribution in [-0.2, 0) is 0 Å². The minimum absolute atomic E-state index is 0.142. The van der Waals surface area contributed by atoms with Crippen molar-refractivity contribution in [3.63, 3.8) is 0 Å². The molecule has 2 N–H and O–H groups in total. The molecule has 0 radical (unpaired) electrons. The highest BCUT2D eigenvalue weighted by Crippen LogP contribution is 2.33. The van der Waals surface area contributed by atoms with Gasteiger partial charge in [-0.3, -0.25) is 0 Å². The Labute approximate surface area is 90.5 Å². The van der Waals surface area contributed by atoms with E-state index in [0.29, 0.717) is 12.0 Å². The lowest BCUT2D eigenvalue weighted by Gasteiger charge is -2.28. The first-order chi connectivity index (χ1) is 7.16. The van der Waals surface area contributed by atoms with Crippen molar-refractivity contribution >= 4 is 0 Å². The van der Waals surface area contributed by atoms with Gasteiger partial charge in [-0.2, -0.15) is 0 Å². The second kappa shape index (κ2) is 4.31. The third kappa shape index (κ3) is 2.37. The summed E-state index contributed by atoms with van der Waals surface area (Å²) in [6.07, 6.45) is 4.58. The molecule has 0 bridgehead atoms. The van der Waals surface area contributed by atoms with Crippen LogP contribution in [0.15, 0.2) is 18.2 Å². The van der Waals surface area contributed by atoms with E-state index < -0.39 is 0 Å². The van der Waals surface area contributed by atoms with Crippen LogP contribution in [0.3, 0.4) is 0 Å². The number of nitrogens with two attached hydrogens (primary N) is 1. The Hall–Kier alpha value is -0.890. The zero-order valence-corrected chi connectivity index (χ0v) is 9.17. The molecule has 0 spiro atoms. The van der Waals surface area contributed by atoms with E-state index in [-0.39, 0.29) is 5.82 Å². The predicted molar refractivity (Wildman–Crippen MR) is 60.3 cm³/mol. The third-order valence-corrected chi connectivity index (χ3v) is 3.39. The Bertz CT molecular complexity index is 348. The molecule has 2 rings (SSSR count). The fourth-order valence-electron chi connectivity index (χ4n) is 2.61. The van der Waals surface area contributed by atoms with Crippen molar-refractivity contribution in [2.75, 3.05) is 0 Å². The highest BCUT2D eigenvalue weighted by Gasteiger charge is 2.21. The minimum atomic E-state index is -0.142. The fraction of sp³-hybridized carbons (Fsp3) is 0.538. The first kappa shape index (κ1) is 10.6. The molecule has 0 amide bonds. The van der Waals surface area contributed by atoms with E-state index in [1.54, 1.807) is 12.1 Å². The number of hydrogen-bond acceptors (Lipinski definition) is 1. The first-order valence-electron chi connectivity index (χ1n) is 5.68. The molecule has 0 heterocycles. The summed E-state index contributed by atoms with van der Waals surface area (Å²) >= 11 is 0. The molecule has 0 aliphatic heterocycles. The first-order valence-corrected chi connectivity index (χ1v) is 5.68. The van der Waals surface area contributed by atoms with E-state index in [0.717, 1.165) is 18.4 Å². The Balaban J connectivity index is 2.21. The second-order valence-corrected chi connectivity index (χ2v) is 4.62. The van der Waals surface area contributed by atoms with Crippen LogP contribution in [0, 0.1) is 12.7 Å². The summed E-state index contributed by atoms with van der Waals surface area (Å²) in [5.41, 5.74) is 8.32. The van der Waals surface area contributed by atoms with Crippen molar-refractivity contribution in [3.05, 3.63) is 35.1 Å². The molecule has 2 unspecified atom stereocenters. The Morgan fingerprint density at radius 3 is 2.80 bits per heavy atom. The van der Waals surface area contributed by atoms with Crippen molar-refractivity contribution in [2.45, 2.75) is 44.6 Å². The van der Waals surface area contributed by atoms with Gasteiger partial charge < -0.3 is 5.73 Å². The molecule has 2 heteroatoms. The molecule has 82 valence electrons. The molecule has 1 fully saturated rings. The maximum atomic E-state index is 13.0. The lowest BCUT2D eigenvalue weighted by molar-refractivity contribution is 0.392. The molecular formula is C13H18FN. The van der Waals surface area contributed by atoms with Crippen LogP contribution in [0.25, 0.3) is 0 Å². The quantitative estimate of drug-likeness (QED) is 0.752. The maximum absolute atomic E-state index is 13.0. The molecule has 1 aliphatic carbocycles. The highest BCUT2D eigenvalue weighted by atomic mass is 19.1. The van der Waals surface area contributed by atoms with E-state index in [4.69, 9.17) is 5.73 Å². The SMILES string of the molecule is Cc1cc(F)ccc1C1CCCC(N)C1. The molecule has 1 aliphatic rings. The summed E-state index contributed by atoms with van der Waals surface area (Å²) in [5, 5.41) is 0. The molecule has 1 aromatic carbocycles. The Morgan fingerprint density at radius 2 is 2.13 bits per heavy atom. The van der Waals surface area contributed by atoms with Crippen LogP contribution in [0.2, 0.25) is 0 Å². The van der Waals surface area contributed by atoms with E-state index in [2.05, 4.69) is 0 Å². The number of halogens is 1. The van der Waals surface area contributed by atoms with Gasteiger partial charge in [-0.25, -0.2) is 4.39 Å². The molecule has 1 aromatic rings. The summed E-state index contributed by atoms with van der Waals surface area (Å²) in [7, 11) is 0. The number of benzene rings is 1. The normalized spacial score (nSPS) is 26.6. The van der Waals surface area contributed by atoms with Gasteiger partial charge in [0.1, 0.15) is 5.82 Å². The van der Waals surface area contributed by atoms with Gasteiger partial charge in [0.2, 0.25) is 0 Å². The van der Waals surface area contributed by atoms with Crippen molar-refractivity contribution in [2.24, 2.45) is 5.73 Å². The van der Waals surface area contributed by atoms with E-state index >= 15 is 0 Å². The van der Waals surface area contributed by atoms with Crippen LogP contribution in [0.5, 0.6) is 0 Å². The van der Waals surface area contributed by atoms with E-state index in [1.165, 1.54) is 18.4 Å². The topological polar surface area (TPSA) is 26.0 Å². The van der Waals surface area contributed by atoms with Gasteiger partial charge in [0.15, 0.2) is 0 Å². The average molecular weight is 207 g/mol. The van der Waals surface area contributed by atoms with Crippen LogP contribution < -0.4 is 5.73 Å². The standard InChI is InChI=1S/C13H18FN/c1-9-7-11(14)5-6-13(9)10-3-2-4-12(15)8-10/h5-7,10,12H,2-4,8,15H2,1H3. The van der Waals surface area contributed by atoms with Gasteiger partial charge in [-0.05, 0) is 55.4 Å². The van der Waals surface area contributed by atoms with E-state index in [9.17, 15) is 4.39 Å². The lowest BCUT2D eigenvalue weighted by atomic mass is 9.80. The Morgan fingerprint density at radius 1 is 1.33 bits per heavy atom. The van der Waals surface area contributed by atoms with Crippen LogP contribution in [0.4, 0.5) is 4.39 Å². The number of rotatable bonds is 1. The van der Waals surface area contributed by atoms with Gasteiger partial charge in [-0.15, -0.1) is 0 Å². The van der Waals surface area contributed by atoms with Gasteiger partial charge in [0.05, 0.1) is 0 Å². The average Bonchev–Trinajstić information content (AvgIpc) is 2.17. The molecular weight excluding hydrogens is 189 g/mol.